The number of hydrogen-bond acceptors (Lipinski definition) is 3. The summed E-state index contributed by atoms with van der Waals surface area (Å²) in [6.45, 7) is 2.82. The van der Waals surface area contributed by atoms with E-state index in [0.717, 1.165) is 47.2 Å². The number of nitrogens with zero attached hydrogens (tertiary/aromatic N) is 1. The predicted molar refractivity (Wildman–Crippen MR) is 85.4 cm³/mol. The minimum Gasteiger partial charge on any atom is -0.492 e. The summed E-state index contributed by atoms with van der Waals surface area (Å²) >= 11 is 3.62. The summed E-state index contributed by atoms with van der Waals surface area (Å²) in [7, 11) is 0. The summed E-state index contributed by atoms with van der Waals surface area (Å²) in [5.74, 6) is 1.55. The maximum absolute atomic E-state index is 10.8. The van der Waals surface area contributed by atoms with Crippen molar-refractivity contribution in [1.29, 1.82) is 0 Å². The second-order valence-corrected chi connectivity index (χ2v) is 7.17. The normalized spacial score (nSPS) is 20.1. The molecule has 2 aliphatic carbocycles. The third-order valence-corrected chi connectivity index (χ3v) is 5.41. The van der Waals surface area contributed by atoms with Crippen LogP contribution in [0.25, 0.3) is 0 Å². The van der Waals surface area contributed by atoms with E-state index < -0.39 is 5.54 Å². The lowest BCUT2D eigenvalue weighted by molar-refractivity contribution is 0.170. The number of halogens is 1. The summed E-state index contributed by atoms with van der Waals surface area (Å²) in [4.78, 5) is 15.0. The van der Waals surface area contributed by atoms with Gasteiger partial charge in [-0.1, -0.05) is 6.42 Å². The molecule has 0 saturated heterocycles. The molecule has 2 fully saturated rings. The molecule has 2 saturated carbocycles. The lowest BCUT2D eigenvalue weighted by atomic mass is 9.71. The van der Waals surface area contributed by atoms with Gasteiger partial charge in [0.25, 0.3) is 0 Å². The Labute approximate surface area is 133 Å². The average Bonchev–Trinajstić information content (AvgIpc) is 2.34. The fraction of sp³-hybridized carbons (Fsp3) is 0.588. The van der Waals surface area contributed by atoms with Crippen LogP contribution < -0.4 is 4.74 Å². The van der Waals surface area contributed by atoms with Crippen molar-refractivity contribution < 1.29 is 9.53 Å². The van der Waals surface area contributed by atoms with Gasteiger partial charge in [0.05, 0.1) is 11.1 Å². The number of carbonyl (C=O) groups excluding carboxylic acids is 1. The van der Waals surface area contributed by atoms with Gasteiger partial charge in [0.2, 0.25) is 6.08 Å². The summed E-state index contributed by atoms with van der Waals surface area (Å²) in [6.07, 6.45) is 8.50. The second kappa shape index (κ2) is 5.94. The minimum atomic E-state index is -0.411. The molecule has 1 aromatic carbocycles. The van der Waals surface area contributed by atoms with Gasteiger partial charge in [-0.2, -0.15) is 4.99 Å². The van der Waals surface area contributed by atoms with Crippen molar-refractivity contribution in [2.45, 2.75) is 51.0 Å². The highest BCUT2D eigenvalue weighted by molar-refractivity contribution is 9.10. The van der Waals surface area contributed by atoms with Crippen molar-refractivity contribution in [2.24, 2.45) is 10.9 Å². The SMILES string of the molecule is Cc1cc(Br)c(OCC2CCC2)c(C2(N=C=O)CCC2)c1. The fourth-order valence-corrected chi connectivity index (χ4v) is 3.81. The molecule has 3 rings (SSSR count). The van der Waals surface area contributed by atoms with Gasteiger partial charge in [0, 0.05) is 5.56 Å². The zero-order chi connectivity index (χ0) is 14.9. The highest BCUT2D eigenvalue weighted by atomic mass is 79.9. The van der Waals surface area contributed by atoms with Crippen molar-refractivity contribution in [3.05, 3.63) is 27.7 Å². The van der Waals surface area contributed by atoms with Crippen LogP contribution in [-0.2, 0) is 10.3 Å². The molecule has 2 aliphatic rings. The summed E-state index contributed by atoms with van der Waals surface area (Å²) < 4.78 is 7.08. The highest BCUT2D eigenvalue weighted by Crippen LogP contribution is 2.50. The molecule has 0 atom stereocenters. The largest absolute Gasteiger partial charge is 0.492 e. The lowest BCUT2D eigenvalue weighted by Gasteiger charge is -2.39. The van der Waals surface area contributed by atoms with Gasteiger partial charge in [-0.3, -0.25) is 0 Å². The third-order valence-electron chi connectivity index (χ3n) is 4.82. The maximum Gasteiger partial charge on any atom is 0.235 e. The molecule has 21 heavy (non-hydrogen) atoms. The van der Waals surface area contributed by atoms with E-state index in [1.165, 1.54) is 19.3 Å². The highest BCUT2D eigenvalue weighted by Gasteiger charge is 2.42. The van der Waals surface area contributed by atoms with Crippen molar-refractivity contribution in [3.8, 4) is 5.75 Å². The minimum absolute atomic E-state index is 0.411. The predicted octanol–water partition coefficient (Wildman–Crippen LogP) is 4.65. The standard InChI is InChI=1S/C17H20BrNO2/c1-12-8-14(17(19-11-20)6-3-7-17)16(15(18)9-12)21-10-13-4-2-5-13/h8-9,13H,2-7,10H2,1H3. The van der Waals surface area contributed by atoms with E-state index >= 15 is 0 Å². The molecule has 0 amide bonds. The molecule has 4 heteroatoms. The Bertz CT molecular complexity index is 585. The van der Waals surface area contributed by atoms with Gasteiger partial charge in [-0.25, -0.2) is 4.79 Å². The number of hydrogen-bond donors (Lipinski definition) is 0. The van der Waals surface area contributed by atoms with E-state index in [1.807, 2.05) is 0 Å². The topological polar surface area (TPSA) is 38.7 Å². The Morgan fingerprint density at radius 2 is 2.14 bits per heavy atom. The van der Waals surface area contributed by atoms with Gasteiger partial charge >= 0.3 is 0 Å². The van der Waals surface area contributed by atoms with Gasteiger partial charge in [-0.15, -0.1) is 0 Å². The Kier molecular flexibility index (Phi) is 4.19. The van der Waals surface area contributed by atoms with Crippen molar-refractivity contribution in [3.63, 3.8) is 0 Å². The second-order valence-electron chi connectivity index (χ2n) is 6.32. The first-order chi connectivity index (χ1) is 10.1. The van der Waals surface area contributed by atoms with E-state index in [1.54, 1.807) is 6.08 Å². The Balaban J connectivity index is 1.94. The third kappa shape index (κ3) is 2.79. The van der Waals surface area contributed by atoms with Crippen LogP contribution in [0.3, 0.4) is 0 Å². The van der Waals surface area contributed by atoms with Crippen LogP contribution in [-0.4, -0.2) is 12.7 Å². The molecule has 0 unspecified atom stereocenters. The molecular formula is C17H20BrNO2. The number of ether oxygens (including phenoxy) is 1. The molecule has 0 heterocycles. The first-order valence-electron chi connectivity index (χ1n) is 7.67. The lowest BCUT2D eigenvalue weighted by Crippen LogP contribution is -2.33. The molecule has 1 aromatic rings. The first kappa shape index (κ1) is 14.8. The van der Waals surface area contributed by atoms with E-state index in [4.69, 9.17) is 4.74 Å². The number of aryl methyl sites for hydroxylation is 1. The Hall–Kier alpha value is -1.12. The van der Waals surface area contributed by atoms with E-state index in [-0.39, 0.29) is 0 Å². The van der Waals surface area contributed by atoms with Gasteiger partial charge in [0.15, 0.2) is 0 Å². The molecule has 0 spiro atoms. The summed E-state index contributed by atoms with van der Waals surface area (Å²) in [5.41, 5.74) is 1.79. The number of rotatable bonds is 5. The zero-order valence-electron chi connectivity index (χ0n) is 12.3. The van der Waals surface area contributed by atoms with Crippen molar-refractivity contribution in [1.82, 2.24) is 0 Å². The number of aliphatic imine (C=N–C) groups is 1. The number of isocyanates is 1. The van der Waals surface area contributed by atoms with E-state index in [2.05, 4.69) is 40.0 Å². The maximum atomic E-state index is 10.8. The van der Waals surface area contributed by atoms with Crippen LogP contribution in [0.15, 0.2) is 21.6 Å². The van der Waals surface area contributed by atoms with E-state index in [0.29, 0.717) is 5.92 Å². The van der Waals surface area contributed by atoms with Crippen LogP contribution >= 0.6 is 15.9 Å². The van der Waals surface area contributed by atoms with Crippen molar-refractivity contribution in [2.75, 3.05) is 6.61 Å². The molecule has 0 aromatic heterocycles. The van der Waals surface area contributed by atoms with Gasteiger partial charge in [-0.05, 0) is 78.6 Å². The average molecular weight is 350 g/mol. The molecule has 0 N–H and O–H groups in total. The smallest absolute Gasteiger partial charge is 0.235 e. The molecule has 0 radical (unpaired) electrons. The first-order valence-corrected chi connectivity index (χ1v) is 8.46. The monoisotopic (exact) mass is 349 g/mol. The van der Waals surface area contributed by atoms with Crippen LogP contribution in [0, 0.1) is 12.8 Å². The van der Waals surface area contributed by atoms with E-state index in [9.17, 15) is 4.79 Å². The van der Waals surface area contributed by atoms with Gasteiger partial charge < -0.3 is 4.74 Å². The molecule has 0 bridgehead atoms. The Morgan fingerprint density at radius 1 is 1.38 bits per heavy atom. The molecular weight excluding hydrogens is 330 g/mol. The summed E-state index contributed by atoms with van der Waals surface area (Å²) in [6, 6.07) is 4.18. The van der Waals surface area contributed by atoms with Crippen LogP contribution in [0.4, 0.5) is 0 Å². The quantitative estimate of drug-likeness (QED) is 0.573. The summed E-state index contributed by atoms with van der Waals surface area (Å²) in [5, 5.41) is 0. The number of benzene rings is 1. The molecule has 3 nitrogen and oxygen atoms in total. The molecule has 0 aliphatic heterocycles. The fourth-order valence-electron chi connectivity index (χ4n) is 3.12. The van der Waals surface area contributed by atoms with Crippen LogP contribution in [0.1, 0.15) is 49.7 Å². The van der Waals surface area contributed by atoms with Crippen LogP contribution in [0.5, 0.6) is 5.75 Å². The van der Waals surface area contributed by atoms with Gasteiger partial charge in [0.1, 0.15) is 11.3 Å². The Morgan fingerprint density at radius 3 is 2.67 bits per heavy atom. The molecule has 112 valence electrons. The zero-order valence-corrected chi connectivity index (χ0v) is 13.9. The van der Waals surface area contributed by atoms with Crippen molar-refractivity contribution >= 4 is 22.0 Å². The van der Waals surface area contributed by atoms with Crippen LogP contribution in [0.2, 0.25) is 0 Å².